The third-order valence-electron chi connectivity index (χ3n) is 3.84. The summed E-state index contributed by atoms with van der Waals surface area (Å²) in [6.07, 6.45) is 3.45. The molecule has 23 heavy (non-hydrogen) atoms. The topological polar surface area (TPSA) is 35.5 Å². The zero-order chi connectivity index (χ0) is 15.9. The Hall–Kier alpha value is -2.23. The summed E-state index contributed by atoms with van der Waals surface area (Å²) in [5.41, 5.74) is 2.19. The first-order valence-electron chi connectivity index (χ1n) is 7.84. The van der Waals surface area contributed by atoms with Crippen LogP contribution in [0, 0.1) is 0 Å². The van der Waals surface area contributed by atoms with E-state index < -0.39 is 6.10 Å². The number of hydrogen-bond donors (Lipinski definition) is 0. The van der Waals surface area contributed by atoms with Crippen molar-refractivity contribution in [3.63, 3.8) is 0 Å². The van der Waals surface area contributed by atoms with E-state index in [2.05, 4.69) is 0 Å². The standard InChI is InChI=1S/C20H20O3/c21-19-12-11-18(22-14-16-7-3-1-4-8-16)13-20(19)23-15-17-9-5-2-6-10-17/h1-12,18,20H,13-15H2. The van der Waals surface area contributed by atoms with Gasteiger partial charge in [0.2, 0.25) is 0 Å². The summed E-state index contributed by atoms with van der Waals surface area (Å²) in [5.74, 6) is 0.0143. The lowest BCUT2D eigenvalue weighted by Crippen LogP contribution is -2.32. The molecule has 2 aromatic rings. The normalized spacial score (nSPS) is 20.6. The fourth-order valence-electron chi connectivity index (χ4n) is 2.54. The van der Waals surface area contributed by atoms with E-state index in [0.29, 0.717) is 19.6 Å². The minimum Gasteiger partial charge on any atom is -0.369 e. The summed E-state index contributed by atoms with van der Waals surface area (Å²) in [6, 6.07) is 19.9. The van der Waals surface area contributed by atoms with Gasteiger partial charge in [-0.25, -0.2) is 0 Å². The molecule has 1 aliphatic carbocycles. The first-order valence-corrected chi connectivity index (χ1v) is 7.84. The molecule has 0 spiro atoms. The summed E-state index contributed by atoms with van der Waals surface area (Å²) < 4.78 is 11.7. The highest BCUT2D eigenvalue weighted by Gasteiger charge is 2.25. The lowest BCUT2D eigenvalue weighted by molar-refractivity contribution is -0.130. The van der Waals surface area contributed by atoms with Crippen molar-refractivity contribution in [3.05, 3.63) is 83.9 Å². The van der Waals surface area contributed by atoms with Crippen LogP contribution in [0.2, 0.25) is 0 Å². The molecule has 1 aliphatic rings. The quantitative estimate of drug-likeness (QED) is 0.816. The lowest BCUT2D eigenvalue weighted by Gasteiger charge is -2.24. The zero-order valence-corrected chi connectivity index (χ0v) is 12.9. The second-order valence-corrected chi connectivity index (χ2v) is 5.62. The molecule has 0 aromatic heterocycles. The van der Waals surface area contributed by atoms with Gasteiger partial charge < -0.3 is 9.47 Å². The Balaban J connectivity index is 1.52. The van der Waals surface area contributed by atoms with E-state index in [9.17, 15) is 4.79 Å². The van der Waals surface area contributed by atoms with Crippen LogP contribution >= 0.6 is 0 Å². The minimum absolute atomic E-state index is 0.0143. The molecule has 118 valence electrons. The first-order chi connectivity index (χ1) is 11.3. The predicted octanol–water partition coefficient (Wildman–Crippen LogP) is 3.69. The molecule has 2 unspecified atom stereocenters. The largest absolute Gasteiger partial charge is 0.369 e. The maximum absolute atomic E-state index is 12.0. The zero-order valence-electron chi connectivity index (χ0n) is 12.9. The minimum atomic E-state index is -0.430. The van der Waals surface area contributed by atoms with E-state index in [0.717, 1.165) is 11.1 Å². The highest BCUT2D eigenvalue weighted by Crippen LogP contribution is 2.18. The van der Waals surface area contributed by atoms with Crippen molar-refractivity contribution in [1.29, 1.82) is 0 Å². The van der Waals surface area contributed by atoms with Gasteiger partial charge in [0.15, 0.2) is 5.78 Å². The van der Waals surface area contributed by atoms with Crippen molar-refractivity contribution in [2.45, 2.75) is 31.8 Å². The molecule has 3 heteroatoms. The van der Waals surface area contributed by atoms with Gasteiger partial charge in [0.05, 0.1) is 19.3 Å². The average molecular weight is 308 g/mol. The Kier molecular flexibility index (Phi) is 5.35. The Bertz CT molecular complexity index is 649. The van der Waals surface area contributed by atoms with Crippen molar-refractivity contribution in [2.24, 2.45) is 0 Å². The molecule has 0 N–H and O–H groups in total. The molecular weight excluding hydrogens is 288 g/mol. The monoisotopic (exact) mass is 308 g/mol. The summed E-state index contributed by atoms with van der Waals surface area (Å²) >= 11 is 0. The second-order valence-electron chi connectivity index (χ2n) is 5.62. The molecule has 2 aromatic carbocycles. The van der Waals surface area contributed by atoms with Gasteiger partial charge >= 0.3 is 0 Å². The molecule has 3 nitrogen and oxygen atoms in total. The SMILES string of the molecule is O=C1C=CC(OCc2ccccc2)CC1OCc1ccccc1. The maximum atomic E-state index is 12.0. The summed E-state index contributed by atoms with van der Waals surface area (Å²) in [5, 5.41) is 0. The average Bonchev–Trinajstić information content (AvgIpc) is 2.62. The van der Waals surface area contributed by atoms with E-state index in [4.69, 9.17) is 9.47 Å². The molecule has 0 fully saturated rings. The van der Waals surface area contributed by atoms with Crippen molar-refractivity contribution in [2.75, 3.05) is 0 Å². The van der Waals surface area contributed by atoms with E-state index >= 15 is 0 Å². The number of carbonyl (C=O) groups is 1. The number of rotatable bonds is 6. The lowest BCUT2D eigenvalue weighted by atomic mass is 10.0. The Morgan fingerprint density at radius 2 is 1.39 bits per heavy atom. The molecule has 2 atom stereocenters. The third-order valence-corrected chi connectivity index (χ3v) is 3.84. The molecule has 0 radical (unpaired) electrons. The van der Waals surface area contributed by atoms with Gasteiger partial charge in [0.1, 0.15) is 6.10 Å². The Morgan fingerprint density at radius 3 is 2.00 bits per heavy atom. The second kappa shape index (κ2) is 7.86. The molecule has 0 saturated heterocycles. The maximum Gasteiger partial charge on any atom is 0.184 e. The van der Waals surface area contributed by atoms with E-state index in [1.165, 1.54) is 0 Å². The predicted molar refractivity (Wildman–Crippen MR) is 88.8 cm³/mol. The summed E-state index contributed by atoms with van der Waals surface area (Å²) in [4.78, 5) is 12.0. The number of ether oxygens (including phenoxy) is 2. The van der Waals surface area contributed by atoms with Crippen LogP contribution in [0.3, 0.4) is 0 Å². The van der Waals surface area contributed by atoms with Crippen LogP contribution < -0.4 is 0 Å². The van der Waals surface area contributed by atoms with E-state index in [1.54, 1.807) is 6.08 Å². The van der Waals surface area contributed by atoms with Crippen LogP contribution in [0.1, 0.15) is 17.5 Å². The smallest absolute Gasteiger partial charge is 0.184 e. The van der Waals surface area contributed by atoms with E-state index in [1.807, 2.05) is 66.7 Å². The van der Waals surface area contributed by atoms with Crippen LogP contribution in [0.25, 0.3) is 0 Å². The molecular formula is C20H20O3. The highest BCUT2D eigenvalue weighted by molar-refractivity contribution is 5.94. The van der Waals surface area contributed by atoms with Gasteiger partial charge in [-0.15, -0.1) is 0 Å². The molecule has 3 rings (SSSR count). The van der Waals surface area contributed by atoms with Gasteiger partial charge in [0.25, 0.3) is 0 Å². The molecule has 0 saturated carbocycles. The molecule has 0 aliphatic heterocycles. The van der Waals surface area contributed by atoms with Crippen LogP contribution in [-0.2, 0) is 27.5 Å². The van der Waals surface area contributed by atoms with Crippen LogP contribution in [-0.4, -0.2) is 18.0 Å². The highest BCUT2D eigenvalue weighted by atomic mass is 16.5. The van der Waals surface area contributed by atoms with Crippen molar-refractivity contribution in [3.8, 4) is 0 Å². The Labute approximate surface area is 136 Å². The number of benzene rings is 2. The fourth-order valence-corrected chi connectivity index (χ4v) is 2.54. The van der Waals surface area contributed by atoms with Crippen LogP contribution in [0.5, 0.6) is 0 Å². The number of carbonyl (C=O) groups excluding carboxylic acids is 1. The van der Waals surface area contributed by atoms with Gasteiger partial charge in [-0.1, -0.05) is 66.7 Å². The fraction of sp³-hybridized carbons (Fsp3) is 0.250. The van der Waals surface area contributed by atoms with Crippen LogP contribution in [0.15, 0.2) is 72.8 Å². The summed E-state index contributed by atoms with van der Waals surface area (Å²) in [7, 11) is 0. The van der Waals surface area contributed by atoms with Crippen molar-refractivity contribution in [1.82, 2.24) is 0 Å². The van der Waals surface area contributed by atoms with Crippen molar-refractivity contribution < 1.29 is 14.3 Å². The Morgan fingerprint density at radius 1 is 0.826 bits per heavy atom. The molecule has 0 amide bonds. The van der Waals surface area contributed by atoms with Gasteiger partial charge in [-0.05, 0) is 17.2 Å². The number of hydrogen-bond acceptors (Lipinski definition) is 3. The number of ketones is 1. The molecule has 0 heterocycles. The third kappa shape index (κ3) is 4.62. The van der Waals surface area contributed by atoms with Gasteiger partial charge in [0, 0.05) is 6.42 Å². The van der Waals surface area contributed by atoms with Crippen molar-refractivity contribution >= 4 is 5.78 Å². The molecule has 0 bridgehead atoms. The summed E-state index contributed by atoms with van der Waals surface area (Å²) in [6.45, 7) is 0.978. The van der Waals surface area contributed by atoms with Gasteiger partial charge in [-0.3, -0.25) is 4.79 Å². The van der Waals surface area contributed by atoms with E-state index in [-0.39, 0.29) is 11.9 Å². The van der Waals surface area contributed by atoms with Crippen LogP contribution in [0.4, 0.5) is 0 Å². The van der Waals surface area contributed by atoms with Gasteiger partial charge in [-0.2, -0.15) is 0 Å². The first kappa shape index (κ1) is 15.7.